The minimum absolute atomic E-state index is 0.113. The second-order valence-electron chi connectivity index (χ2n) is 5.00. The number of nitrogens with one attached hydrogen (secondary N) is 1. The van der Waals surface area contributed by atoms with Crippen LogP contribution in [0.3, 0.4) is 0 Å². The molecular weight excluding hydrogens is 188 g/mol. The third kappa shape index (κ3) is 2.33. The van der Waals surface area contributed by atoms with E-state index < -0.39 is 5.54 Å². The molecule has 0 bridgehead atoms. The van der Waals surface area contributed by atoms with Crippen molar-refractivity contribution >= 4 is 5.91 Å². The molecule has 2 fully saturated rings. The van der Waals surface area contributed by atoms with Gasteiger partial charge >= 0.3 is 0 Å². The molecule has 1 saturated carbocycles. The van der Waals surface area contributed by atoms with Crippen molar-refractivity contribution in [2.24, 2.45) is 0 Å². The first kappa shape index (κ1) is 10.9. The third-order valence-corrected chi connectivity index (χ3v) is 3.76. The largest absolute Gasteiger partial charge is 0.341 e. The van der Waals surface area contributed by atoms with Crippen LogP contribution in [0.4, 0.5) is 0 Å². The second kappa shape index (κ2) is 4.52. The van der Waals surface area contributed by atoms with Crippen molar-refractivity contribution < 1.29 is 4.79 Å². The highest BCUT2D eigenvalue weighted by Crippen LogP contribution is 2.29. The van der Waals surface area contributed by atoms with Gasteiger partial charge in [0.15, 0.2) is 0 Å². The van der Waals surface area contributed by atoms with Crippen molar-refractivity contribution in [2.75, 3.05) is 13.1 Å². The van der Waals surface area contributed by atoms with Gasteiger partial charge in [0.05, 0.1) is 0 Å². The van der Waals surface area contributed by atoms with E-state index >= 15 is 0 Å². The molecule has 0 aromatic rings. The molecular formula is C12H21N2O. The molecule has 0 aromatic heterocycles. The van der Waals surface area contributed by atoms with E-state index in [0.29, 0.717) is 0 Å². The summed E-state index contributed by atoms with van der Waals surface area (Å²) in [7, 11) is 0. The van der Waals surface area contributed by atoms with Crippen LogP contribution in [0.25, 0.3) is 0 Å². The molecule has 1 N–H and O–H groups in total. The first-order valence-corrected chi connectivity index (χ1v) is 6.27. The zero-order valence-corrected chi connectivity index (χ0v) is 9.43. The van der Waals surface area contributed by atoms with Crippen LogP contribution in [0, 0.1) is 0 Å². The lowest BCUT2D eigenvalue weighted by molar-refractivity contribution is -0.136. The van der Waals surface area contributed by atoms with Crippen molar-refractivity contribution in [3.05, 3.63) is 0 Å². The predicted molar refractivity (Wildman–Crippen MR) is 59.3 cm³/mol. The maximum atomic E-state index is 12.2. The first-order valence-electron chi connectivity index (χ1n) is 6.27. The highest BCUT2D eigenvalue weighted by Gasteiger charge is 2.38. The predicted octanol–water partition coefficient (Wildman–Crippen LogP) is 1.98. The van der Waals surface area contributed by atoms with Gasteiger partial charge in [0.1, 0.15) is 5.54 Å². The molecule has 0 atom stereocenters. The summed E-state index contributed by atoms with van der Waals surface area (Å²) in [6.07, 6.45) is 8.34. The molecule has 1 saturated heterocycles. The van der Waals surface area contributed by atoms with Crippen molar-refractivity contribution in [3.8, 4) is 0 Å². The minimum Gasteiger partial charge on any atom is -0.341 e. The van der Waals surface area contributed by atoms with Gasteiger partial charge in [-0.1, -0.05) is 25.7 Å². The van der Waals surface area contributed by atoms with E-state index in [2.05, 4.69) is 0 Å². The topological polar surface area (TPSA) is 44.1 Å². The van der Waals surface area contributed by atoms with Crippen molar-refractivity contribution in [1.82, 2.24) is 10.6 Å². The fraction of sp³-hybridized carbons (Fsp3) is 0.917. The first-order chi connectivity index (χ1) is 7.22. The van der Waals surface area contributed by atoms with Crippen molar-refractivity contribution in [2.45, 2.75) is 56.9 Å². The maximum absolute atomic E-state index is 12.2. The van der Waals surface area contributed by atoms with Gasteiger partial charge in [-0.2, -0.15) is 0 Å². The average Bonchev–Trinajstić information content (AvgIpc) is 2.67. The van der Waals surface area contributed by atoms with E-state index in [4.69, 9.17) is 5.73 Å². The molecule has 3 nitrogen and oxygen atoms in total. The lowest BCUT2D eigenvalue weighted by Gasteiger charge is -2.30. The van der Waals surface area contributed by atoms with Gasteiger partial charge in [-0.15, -0.1) is 0 Å². The fourth-order valence-corrected chi connectivity index (χ4v) is 2.77. The number of nitrogens with zero attached hydrogens (tertiary/aromatic N) is 1. The molecule has 0 unspecified atom stereocenters. The van der Waals surface area contributed by atoms with E-state index in [1.54, 1.807) is 0 Å². The SMILES string of the molecule is [NH]C1(C(=O)N2CCCC2)CCCCCC1. The van der Waals surface area contributed by atoms with Gasteiger partial charge in [-0.05, 0) is 25.7 Å². The lowest BCUT2D eigenvalue weighted by Crippen LogP contribution is -2.49. The number of carbonyl (C=O) groups excluding carboxylic acids is 1. The normalized spacial score (nSPS) is 26.3. The van der Waals surface area contributed by atoms with Crippen LogP contribution in [0.1, 0.15) is 51.4 Å². The monoisotopic (exact) mass is 209 g/mol. The highest BCUT2D eigenvalue weighted by atomic mass is 16.2. The van der Waals surface area contributed by atoms with Crippen molar-refractivity contribution in [3.63, 3.8) is 0 Å². The van der Waals surface area contributed by atoms with Crippen LogP contribution in [0.5, 0.6) is 0 Å². The van der Waals surface area contributed by atoms with Gasteiger partial charge < -0.3 is 4.90 Å². The zero-order valence-electron chi connectivity index (χ0n) is 9.43. The number of hydrogen-bond acceptors (Lipinski definition) is 1. The summed E-state index contributed by atoms with van der Waals surface area (Å²) < 4.78 is 0. The van der Waals surface area contributed by atoms with Gasteiger partial charge in [-0.3, -0.25) is 4.79 Å². The van der Waals surface area contributed by atoms with Crippen LogP contribution in [0.2, 0.25) is 0 Å². The number of rotatable bonds is 1. The highest BCUT2D eigenvalue weighted by molar-refractivity contribution is 5.86. The molecule has 1 aliphatic heterocycles. The van der Waals surface area contributed by atoms with Gasteiger partial charge in [0.2, 0.25) is 5.91 Å². The van der Waals surface area contributed by atoms with Gasteiger partial charge in [0.25, 0.3) is 0 Å². The summed E-state index contributed by atoms with van der Waals surface area (Å²) >= 11 is 0. The minimum atomic E-state index is -0.777. The molecule has 2 aliphatic rings. The number of hydrogen-bond donors (Lipinski definition) is 0. The van der Waals surface area contributed by atoms with E-state index in [9.17, 15) is 4.79 Å². The lowest BCUT2D eigenvalue weighted by atomic mass is 9.90. The van der Waals surface area contributed by atoms with Crippen molar-refractivity contribution in [1.29, 1.82) is 0 Å². The Morgan fingerprint density at radius 1 is 0.933 bits per heavy atom. The molecule has 1 radical (unpaired) electrons. The summed E-state index contributed by atoms with van der Waals surface area (Å²) in [5.41, 5.74) is 7.56. The van der Waals surface area contributed by atoms with E-state index in [-0.39, 0.29) is 5.91 Å². The third-order valence-electron chi connectivity index (χ3n) is 3.76. The Morgan fingerprint density at radius 3 is 2.00 bits per heavy atom. The summed E-state index contributed by atoms with van der Waals surface area (Å²) in [6, 6.07) is 0. The summed E-state index contributed by atoms with van der Waals surface area (Å²) in [5.74, 6) is 0.113. The standard InChI is InChI=1S/C12H21N2O/c13-12(7-3-1-2-4-8-12)11(15)14-9-5-6-10-14/h13H,1-10H2. The molecule has 0 spiro atoms. The van der Waals surface area contributed by atoms with Crippen LogP contribution < -0.4 is 5.73 Å². The number of carbonyl (C=O) groups is 1. The smallest absolute Gasteiger partial charge is 0.244 e. The Labute approximate surface area is 92.0 Å². The molecule has 3 heteroatoms. The number of amides is 1. The van der Waals surface area contributed by atoms with Gasteiger partial charge in [0, 0.05) is 13.1 Å². The maximum Gasteiger partial charge on any atom is 0.244 e. The Kier molecular flexibility index (Phi) is 3.29. The van der Waals surface area contributed by atoms with Crippen LogP contribution >= 0.6 is 0 Å². The average molecular weight is 209 g/mol. The number of likely N-dealkylation sites (tertiary alicyclic amines) is 1. The molecule has 2 rings (SSSR count). The summed E-state index contributed by atoms with van der Waals surface area (Å²) in [4.78, 5) is 14.1. The molecule has 0 aromatic carbocycles. The second-order valence-corrected chi connectivity index (χ2v) is 5.00. The molecule has 1 aliphatic carbocycles. The van der Waals surface area contributed by atoms with Gasteiger partial charge in [-0.25, -0.2) is 5.73 Å². The van der Waals surface area contributed by atoms with E-state index in [0.717, 1.165) is 51.6 Å². The van der Waals surface area contributed by atoms with E-state index in [1.807, 2.05) is 4.90 Å². The fourth-order valence-electron chi connectivity index (χ4n) is 2.77. The molecule has 15 heavy (non-hydrogen) atoms. The Bertz CT molecular complexity index is 226. The summed E-state index contributed by atoms with van der Waals surface area (Å²) in [5, 5.41) is 0. The van der Waals surface area contributed by atoms with Crippen LogP contribution in [0.15, 0.2) is 0 Å². The Hall–Kier alpha value is -0.570. The zero-order chi connectivity index (χ0) is 10.7. The molecule has 1 amide bonds. The Morgan fingerprint density at radius 2 is 1.47 bits per heavy atom. The van der Waals surface area contributed by atoms with Crippen LogP contribution in [-0.2, 0) is 4.79 Å². The Balaban J connectivity index is 2.01. The summed E-state index contributed by atoms with van der Waals surface area (Å²) in [6.45, 7) is 1.78. The molecule has 85 valence electrons. The quantitative estimate of drug-likeness (QED) is 0.609. The van der Waals surface area contributed by atoms with E-state index in [1.165, 1.54) is 12.8 Å². The molecule has 1 heterocycles. The van der Waals surface area contributed by atoms with Crippen LogP contribution in [-0.4, -0.2) is 29.4 Å².